The number of nitrogens with zero attached hydrogens (tertiary/aromatic N) is 10. The van der Waals surface area contributed by atoms with Crippen LogP contribution in [0.5, 0.6) is 5.75 Å². The second-order valence-electron chi connectivity index (χ2n) is 20.2. The molecule has 4 aromatic heterocycles. The Kier molecular flexibility index (Phi) is 11.8. The van der Waals surface area contributed by atoms with Gasteiger partial charge in [-0.05, 0) is 97.3 Å². The van der Waals surface area contributed by atoms with E-state index in [1.807, 2.05) is 69.6 Å². The number of anilines is 2. The van der Waals surface area contributed by atoms with Gasteiger partial charge in [0, 0.05) is 112 Å². The van der Waals surface area contributed by atoms with Crippen LogP contribution in [0.4, 0.5) is 20.3 Å². The molecule has 0 aliphatic carbocycles. The second-order valence-corrected chi connectivity index (χ2v) is 20.2. The quantitative estimate of drug-likeness (QED) is 0.145. The highest BCUT2D eigenvalue weighted by atomic mass is 19.3. The summed E-state index contributed by atoms with van der Waals surface area (Å²) in [5.74, 6) is -0.765. The Morgan fingerprint density at radius 2 is 1.65 bits per heavy atom. The van der Waals surface area contributed by atoms with Gasteiger partial charge in [0.15, 0.2) is 5.82 Å². The van der Waals surface area contributed by atoms with Crippen LogP contribution in [0.1, 0.15) is 106 Å². The van der Waals surface area contributed by atoms with Crippen LogP contribution >= 0.6 is 0 Å². The largest absolute Gasteiger partial charge is 0.489 e. The van der Waals surface area contributed by atoms with Gasteiger partial charge in [-0.2, -0.15) is 5.10 Å². The highest BCUT2D eigenvalue weighted by Gasteiger charge is 2.45. The summed E-state index contributed by atoms with van der Waals surface area (Å²) in [4.78, 5) is 93.3. The van der Waals surface area contributed by atoms with Crippen LogP contribution in [-0.4, -0.2) is 111 Å². The molecule has 3 aromatic carbocycles. The molecule has 18 nitrogen and oxygen atoms in total. The maximum Gasteiger partial charge on any atom is 0.264 e. The molecule has 20 heteroatoms. The first kappa shape index (κ1) is 47.7. The molecule has 5 aliphatic heterocycles. The summed E-state index contributed by atoms with van der Waals surface area (Å²) in [7, 11) is 3.78. The molecule has 2 saturated heterocycles. The number of carbonyl (C=O) groups is 6. The lowest BCUT2D eigenvalue weighted by atomic mass is 9.91. The number of fused-ring (bicyclic) bond motifs is 5. The van der Waals surface area contributed by atoms with Gasteiger partial charge in [0.2, 0.25) is 23.6 Å². The Labute approximate surface area is 428 Å². The zero-order valence-electron chi connectivity index (χ0n) is 41.6. The van der Waals surface area contributed by atoms with Gasteiger partial charge in [0.25, 0.3) is 18.2 Å². The lowest BCUT2D eigenvalue weighted by molar-refractivity contribution is -0.136. The second kappa shape index (κ2) is 18.6. The first-order valence-corrected chi connectivity index (χ1v) is 25.4. The number of hydrogen-bond donors (Lipinski definition) is 1. The summed E-state index contributed by atoms with van der Waals surface area (Å²) >= 11 is 0. The third-order valence-electron chi connectivity index (χ3n) is 15.8. The van der Waals surface area contributed by atoms with Crippen molar-refractivity contribution in [1.82, 2.24) is 48.9 Å². The fourth-order valence-corrected chi connectivity index (χ4v) is 11.8. The Morgan fingerprint density at radius 3 is 2.44 bits per heavy atom. The average molecular weight is 1020 g/mol. The van der Waals surface area contributed by atoms with E-state index < -0.39 is 36.1 Å². The van der Waals surface area contributed by atoms with Crippen molar-refractivity contribution in [1.29, 1.82) is 0 Å². The van der Waals surface area contributed by atoms with E-state index in [1.54, 1.807) is 31.5 Å². The molecule has 9 heterocycles. The Hall–Kier alpha value is -8.29. The van der Waals surface area contributed by atoms with E-state index in [4.69, 9.17) is 14.8 Å². The summed E-state index contributed by atoms with van der Waals surface area (Å²) in [6.07, 6.45) is 6.19. The molecule has 6 amide bonds. The van der Waals surface area contributed by atoms with Crippen molar-refractivity contribution in [3.8, 4) is 16.9 Å². The minimum Gasteiger partial charge on any atom is -0.489 e. The molecule has 384 valence electrons. The molecule has 0 radical (unpaired) electrons. The molecular formula is C55H53F2N11O7. The molecule has 2 fully saturated rings. The lowest BCUT2D eigenvalue weighted by Crippen LogP contribution is -2.54. The van der Waals surface area contributed by atoms with Gasteiger partial charge in [0.1, 0.15) is 24.2 Å². The number of hydrogen-bond acceptors (Lipinski definition) is 11. The smallest absolute Gasteiger partial charge is 0.264 e. The van der Waals surface area contributed by atoms with Crippen LogP contribution in [0.25, 0.3) is 33.1 Å². The summed E-state index contributed by atoms with van der Waals surface area (Å²) < 4.78 is 42.4. The van der Waals surface area contributed by atoms with E-state index in [9.17, 15) is 28.8 Å². The zero-order chi connectivity index (χ0) is 52.0. The number of amides is 6. The van der Waals surface area contributed by atoms with Gasteiger partial charge in [-0.15, -0.1) is 0 Å². The average Bonchev–Trinajstić information content (AvgIpc) is 4.15. The van der Waals surface area contributed by atoms with Crippen LogP contribution in [-0.2, 0) is 65.7 Å². The summed E-state index contributed by atoms with van der Waals surface area (Å²) in [6, 6.07) is 14.6. The predicted octanol–water partition coefficient (Wildman–Crippen LogP) is 6.64. The third kappa shape index (κ3) is 8.26. The van der Waals surface area contributed by atoms with Gasteiger partial charge in [-0.25, -0.2) is 13.8 Å². The molecule has 1 N–H and O–H groups in total. The fourth-order valence-electron chi connectivity index (χ4n) is 11.8. The van der Waals surface area contributed by atoms with Gasteiger partial charge >= 0.3 is 0 Å². The van der Waals surface area contributed by atoms with Crippen molar-refractivity contribution < 1.29 is 42.3 Å². The number of piperidine rings is 2. The number of carbonyl (C=O) groups excluding carboxylic acids is 6. The van der Waals surface area contributed by atoms with Gasteiger partial charge in [-0.3, -0.25) is 48.6 Å². The lowest BCUT2D eigenvalue weighted by Gasteiger charge is -2.34. The highest BCUT2D eigenvalue weighted by molar-refractivity contribution is 6.23. The number of benzene rings is 3. The maximum atomic E-state index is 15.2. The number of aryl methyl sites for hydroxylation is 3. The Morgan fingerprint density at radius 1 is 0.840 bits per heavy atom. The third-order valence-corrected chi connectivity index (χ3v) is 15.8. The number of likely N-dealkylation sites (tertiary alicyclic amines) is 1. The van der Waals surface area contributed by atoms with Crippen LogP contribution < -0.4 is 15.0 Å². The number of aromatic nitrogens is 6. The molecule has 1 atom stereocenters. The molecule has 1 unspecified atom stereocenters. The number of imidazole rings is 1. The number of nitrogens with one attached hydrogen (secondary N) is 1. The zero-order valence-corrected chi connectivity index (χ0v) is 41.6. The van der Waals surface area contributed by atoms with Crippen molar-refractivity contribution in [2.45, 2.75) is 90.0 Å². The first-order chi connectivity index (χ1) is 36.2. The van der Waals surface area contributed by atoms with E-state index in [0.29, 0.717) is 91.7 Å². The predicted molar refractivity (Wildman–Crippen MR) is 270 cm³/mol. The van der Waals surface area contributed by atoms with Crippen molar-refractivity contribution in [3.05, 3.63) is 118 Å². The number of alkyl halides is 2. The maximum absolute atomic E-state index is 15.2. The Balaban J connectivity index is 0.732. The summed E-state index contributed by atoms with van der Waals surface area (Å²) in [5, 5.41) is 8.33. The van der Waals surface area contributed by atoms with E-state index >= 15 is 8.78 Å². The van der Waals surface area contributed by atoms with Crippen LogP contribution in [0, 0.1) is 0 Å². The standard InChI is InChI=1S/C55H53F2N11O7/c1-30(69)65-20-15-44-41(28-65)52(66-17-4-5-32-22-36(37(51(56)57)24-47(32)66)40-27-62(2)43-12-16-58-26-39(40)43)61-68(44)33-13-18-64(19-14-33)50(71)25-48-59-42-21-31(6-9-45(42)63(48)3)29-75-34-7-8-35-38(23-34)55(74)67(54(35)73)46-10-11-49(70)60-53(46)72/h6-9,12,16,21-24,26-27,33,46,51H,4-5,10-11,13-15,17-20,25,28-29H2,1-3H3,(H,60,70,72). The molecule has 0 saturated carbocycles. The Bertz CT molecular complexity index is 3570. The number of rotatable bonds is 10. The molecular weight excluding hydrogens is 965 g/mol. The van der Waals surface area contributed by atoms with Crippen molar-refractivity contribution in [2.75, 3.05) is 31.1 Å². The molecule has 12 rings (SSSR count). The molecule has 7 aromatic rings. The van der Waals surface area contributed by atoms with Gasteiger partial charge in [-0.1, -0.05) is 6.07 Å². The summed E-state index contributed by atoms with van der Waals surface area (Å²) in [6.45, 7) is 4.20. The minimum atomic E-state index is -2.73. The molecule has 0 bridgehead atoms. The molecule has 5 aliphatic rings. The number of imide groups is 2. The normalized spacial score (nSPS) is 18.1. The van der Waals surface area contributed by atoms with E-state index in [2.05, 4.69) is 19.9 Å². The highest BCUT2D eigenvalue weighted by Crippen LogP contribution is 2.45. The van der Waals surface area contributed by atoms with Gasteiger partial charge < -0.3 is 28.6 Å². The van der Waals surface area contributed by atoms with Crippen LogP contribution in [0.3, 0.4) is 0 Å². The molecule has 0 spiro atoms. The SMILES string of the molecule is CC(=O)N1CCc2c(c(N3CCCc4cc(-c5cn(C)c6ccncc56)c(C(F)F)cc43)nn2C2CCN(C(=O)Cc3nc4cc(COc5ccc6c(c5)C(=O)N(C5CCC(=O)NC5=O)C6=O)ccc4n3C)CC2)C1. The molecule has 75 heavy (non-hydrogen) atoms. The van der Waals surface area contributed by atoms with Gasteiger partial charge in [0.05, 0.1) is 46.7 Å². The van der Waals surface area contributed by atoms with Crippen molar-refractivity contribution in [3.63, 3.8) is 0 Å². The van der Waals surface area contributed by atoms with E-state index in [1.165, 1.54) is 12.1 Å². The van der Waals surface area contributed by atoms with Crippen LogP contribution in [0.2, 0.25) is 0 Å². The fraction of sp³-hybridized carbons (Fsp3) is 0.364. The number of ether oxygens (including phenoxy) is 1. The first-order valence-electron chi connectivity index (χ1n) is 25.4. The number of halogens is 2. The monoisotopic (exact) mass is 1020 g/mol. The topological polar surface area (TPSA) is 190 Å². The van der Waals surface area contributed by atoms with Crippen molar-refractivity contribution in [2.24, 2.45) is 14.1 Å². The van der Waals surface area contributed by atoms with Crippen LogP contribution in [0.15, 0.2) is 73.2 Å². The van der Waals surface area contributed by atoms with Crippen molar-refractivity contribution >= 4 is 68.9 Å². The van der Waals surface area contributed by atoms with E-state index in [0.717, 1.165) is 56.5 Å². The van der Waals surface area contributed by atoms with E-state index in [-0.39, 0.29) is 60.4 Å². The minimum absolute atomic E-state index is 0.0210. The summed E-state index contributed by atoms with van der Waals surface area (Å²) in [5.41, 5.74) is 8.28. The number of pyridine rings is 1.